The van der Waals surface area contributed by atoms with Crippen molar-refractivity contribution in [1.82, 2.24) is 0 Å². The predicted octanol–water partition coefficient (Wildman–Crippen LogP) is 5.62. The summed E-state index contributed by atoms with van der Waals surface area (Å²) in [6, 6.07) is 0. The molecule has 0 spiro atoms. The van der Waals surface area contributed by atoms with Crippen LogP contribution in [0.4, 0.5) is 0 Å². The lowest BCUT2D eigenvalue weighted by Gasteiger charge is -2.40. The molecule has 1 aliphatic carbocycles. The molecule has 0 bridgehead atoms. The standard InChI is InChI=1S/C19H40O3Si2/c1-14-15(13-21-23(8,9)18(2,3)4)16(20)12-17(14)22-24(10,11)19(5,6)7/h14-15,17H,12-13H2,1-11H3/t14-,15-,17-/m1/s1. The molecule has 3 nitrogen and oxygen atoms in total. The molecule has 0 aromatic carbocycles. The molecule has 142 valence electrons. The Bertz CT molecular complexity index is 458. The molecule has 1 aliphatic rings. The number of Topliss-reactive ketones (excluding diaryl/α,β-unsaturated/α-hetero) is 1. The van der Waals surface area contributed by atoms with E-state index in [1.54, 1.807) is 0 Å². The molecule has 0 amide bonds. The maximum atomic E-state index is 12.6. The molecule has 0 aromatic heterocycles. The molecular weight excluding hydrogens is 332 g/mol. The molecule has 0 unspecified atom stereocenters. The van der Waals surface area contributed by atoms with Gasteiger partial charge in [0.05, 0.1) is 6.10 Å². The van der Waals surface area contributed by atoms with E-state index in [9.17, 15) is 4.79 Å². The Morgan fingerprint density at radius 3 is 1.83 bits per heavy atom. The Morgan fingerprint density at radius 1 is 0.958 bits per heavy atom. The molecular formula is C19H40O3Si2. The summed E-state index contributed by atoms with van der Waals surface area (Å²) in [4.78, 5) is 12.6. The van der Waals surface area contributed by atoms with Gasteiger partial charge in [-0.05, 0) is 42.2 Å². The number of carbonyl (C=O) groups excluding carboxylic acids is 1. The molecule has 0 N–H and O–H groups in total. The van der Waals surface area contributed by atoms with E-state index in [0.717, 1.165) is 0 Å². The van der Waals surface area contributed by atoms with Crippen LogP contribution in [0, 0.1) is 11.8 Å². The van der Waals surface area contributed by atoms with Crippen molar-refractivity contribution in [3.63, 3.8) is 0 Å². The van der Waals surface area contributed by atoms with E-state index in [0.29, 0.717) is 18.8 Å². The lowest BCUT2D eigenvalue weighted by atomic mass is 9.98. The smallest absolute Gasteiger partial charge is 0.192 e. The number of hydrogen-bond acceptors (Lipinski definition) is 3. The van der Waals surface area contributed by atoms with Gasteiger partial charge in [-0.2, -0.15) is 0 Å². The van der Waals surface area contributed by atoms with Gasteiger partial charge in [-0.3, -0.25) is 4.79 Å². The van der Waals surface area contributed by atoms with Crippen molar-refractivity contribution in [3.05, 3.63) is 0 Å². The summed E-state index contributed by atoms with van der Waals surface area (Å²) >= 11 is 0. The SMILES string of the molecule is C[C@H]1[C@H](O[Si](C)(C)C(C)(C)C)CC(=O)[C@@H]1CO[Si](C)(C)C(C)(C)C. The minimum atomic E-state index is -1.84. The zero-order chi connectivity index (χ0) is 19.1. The fraction of sp³-hybridized carbons (Fsp3) is 0.947. The summed E-state index contributed by atoms with van der Waals surface area (Å²) < 4.78 is 12.9. The van der Waals surface area contributed by atoms with Gasteiger partial charge in [0, 0.05) is 18.9 Å². The summed E-state index contributed by atoms with van der Waals surface area (Å²) in [5.41, 5.74) is 0. The highest BCUT2D eigenvalue weighted by molar-refractivity contribution is 6.74. The highest BCUT2D eigenvalue weighted by Gasteiger charge is 2.47. The lowest BCUT2D eigenvalue weighted by molar-refractivity contribution is -0.122. The first kappa shape index (κ1) is 22.1. The molecule has 3 atom stereocenters. The van der Waals surface area contributed by atoms with Crippen LogP contribution in [0.1, 0.15) is 54.9 Å². The molecule has 0 heterocycles. The van der Waals surface area contributed by atoms with E-state index in [2.05, 4.69) is 74.7 Å². The van der Waals surface area contributed by atoms with Crippen LogP contribution in [-0.2, 0) is 13.6 Å². The number of rotatable bonds is 5. The maximum absolute atomic E-state index is 12.6. The maximum Gasteiger partial charge on any atom is 0.192 e. The fourth-order valence-electron chi connectivity index (χ4n) is 2.55. The number of carbonyl (C=O) groups is 1. The van der Waals surface area contributed by atoms with Gasteiger partial charge < -0.3 is 8.85 Å². The van der Waals surface area contributed by atoms with E-state index >= 15 is 0 Å². The van der Waals surface area contributed by atoms with Gasteiger partial charge in [0.25, 0.3) is 0 Å². The van der Waals surface area contributed by atoms with Crippen LogP contribution in [0.2, 0.25) is 36.3 Å². The van der Waals surface area contributed by atoms with Crippen LogP contribution in [0.15, 0.2) is 0 Å². The number of ketones is 1. The molecule has 0 radical (unpaired) electrons. The van der Waals surface area contributed by atoms with Crippen LogP contribution < -0.4 is 0 Å². The second kappa shape index (κ2) is 6.97. The Labute approximate surface area is 152 Å². The molecule has 1 rings (SSSR count). The molecule has 1 fully saturated rings. The van der Waals surface area contributed by atoms with Crippen molar-refractivity contribution in [2.75, 3.05) is 6.61 Å². The summed E-state index contributed by atoms with van der Waals surface area (Å²) in [6.45, 7) is 25.2. The molecule has 1 saturated carbocycles. The topological polar surface area (TPSA) is 35.5 Å². The Hall–Kier alpha value is 0.0238. The summed E-state index contributed by atoms with van der Waals surface area (Å²) in [5.74, 6) is 0.565. The van der Waals surface area contributed by atoms with Gasteiger partial charge in [0.15, 0.2) is 16.6 Å². The predicted molar refractivity (Wildman–Crippen MR) is 107 cm³/mol. The second-order valence-electron chi connectivity index (χ2n) is 10.6. The number of hydrogen-bond donors (Lipinski definition) is 0. The quantitative estimate of drug-likeness (QED) is 0.587. The van der Waals surface area contributed by atoms with E-state index in [1.807, 2.05) is 0 Å². The van der Waals surface area contributed by atoms with Crippen molar-refractivity contribution in [2.45, 2.75) is 97.3 Å². The minimum Gasteiger partial charge on any atom is -0.416 e. The molecule has 0 aromatic rings. The van der Waals surface area contributed by atoms with Crippen LogP contribution >= 0.6 is 0 Å². The molecule has 24 heavy (non-hydrogen) atoms. The first-order chi connectivity index (χ1) is 10.5. The average molecular weight is 373 g/mol. The largest absolute Gasteiger partial charge is 0.416 e. The normalized spacial score (nSPS) is 27.0. The van der Waals surface area contributed by atoms with Gasteiger partial charge in [0.1, 0.15) is 5.78 Å². The summed E-state index contributed by atoms with van der Waals surface area (Å²) in [5, 5.41) is 0.348. The third kappa shape index (κ3) is 4.80. The highest BCUT2D eigenvalue weighted by Crippen LogP contribution is 2.42. The van der Waals surface area contributed by atoms with Crippen molar-refractivity contribution >= 4 is 22.4 Å². The molecule has 0 saturated heterocycles. The van der Waals surface area contributed by atoms with Crippen molar-refractivity contribution in [3.8, 4) is 0 Å². The summed E-state index contributed by atoms with van der Waals surface area (Å²) in [7, 11) is -3.66. The molecule has 5 heteroatoms. The van der Waals surface area contributed by atoms with Gasteiger partial charge >= 0.3 is 0 Å². The van der Waals surface area contributed by atoms with Gasteiger partial charge in [-0.15, -0.1) is 0 Å². The van der Waals surface area contributed by atoms with Crippen molar-refractivity contribution < 1.29 is 13.6 Å². The molecule has 0 aliphatic heterocycles. The van der Waals surface area contributed by atoms with Crippen LogP contribution in [-0.4, -0.2) is 35.1 Å². The van der Waals surface area contributed by atoms with Gasteiger partial charge in [-0.1, -0.05) is 48.5 Å². The highest BCUT2D eigenvalue weighted by atomic mass is 28.4. The van der Waals surface area contributed by atoms with Crippen molar-refractivity contribution in [1.29, 1.82) is 0 Å². The van der Waals surface area contributed by atoms with E-state index < -0.39 is 16.6 Å². The summed E-state index contributed by atoms with van der Waals surface area (Å²) in [6.07, 6.45) is 0.616. The fourth-order valence-corrected chi connectivity index (χ4v) is 4.99. The van der Waals surface area contributed by atoms with Gasteiger partial charge in [0.2, 0.25) is 0 Å². The third-order valence-corrected chi connectivity index (χ3v) is 15.7. The van der Waals surface area contributed by atoms with E-state index in [-0.39, 0.29) is 28.0 Å². The Balaban J connectivity index is 2.76. The Morgan fingerprint density at radius 2 is 1.42 bits per heavy atom. The van der Waals surface area contributed by atoms with Crippen LogP contribution in [0.5, 0.6) is 0 Å². The zero-order valence-corrected chi connectivity index (χ0v) is 19.9. The minimum absolute atomic E-state index is 0.00565. The first-order valence-electron chi connectivity index (χ1n) is 9.34. The van der Waals surface area contributed by atoms with Crippen molar-refractivity contribution in [2.24, 2.45) is 11.8 Å². The average Bonchev–Trinajstić information content (AvgIpc) is 2.59. The van der Waals surface area contributed by atoms with E-state index in [1.165, 1.54) is 0 Å². The lowest BCUT2D eigenvalue weighted by Crippen LogP contribution is -2.45. The van der Waals surface area contributed by atoms with Crippen LogP contribution in [0.3, 0.4) is 0 Å². The third-order valence-electron chi connectivity index (χ3n) is 6.72. The Kier molecular flexibility index (Phi) is 6.41. The van der Waals surface area contributed by atoms with Gasteiger partial charge in [-0.25, -0.2) is 0 Å². The zero-order valence-electron chi connectivity index (χ0n) is 17.9. The first-order valence-corrected chi connectivity index (χ1v) is 15.2. The van der Waals surface area contributed by atoms with Crippen LogP contribution in [0.25, 0.3) is 0 Å². The van der Waals surface area contributed by atoms with E-state index in [4.69, 9.17) is 8.85 Å². The second-order valence-corrected chi connectivity index (χ2v) is 20.2. The monoisotopic (exact) mass is 372 g/mol.